The topological polar surface area (TPSA) is 263 Å². The largest absolute Gasteiger partial charge is 0.466 e. The maximum absolute atomic E-state index is 14.5. The van der Waals surface area contributed by atoms with Crippen LogP contribution in [0.25, 0.3) is 0 Å². The van der Waals surface area contributed by atoms with E-state index in [2.05, 4.69) is 15.6 Å². The smallest absolute Gasteiger partial charge is 0.305 e. The summed E-state index contributed by atoms with van der Waals surface area (Å²) in [5.41, 5.74) is 0.942. The number of thioether (sulfide) groups is 2. The van der Waals surface area contributed by atoms with Gasteiger partial charge in [-0.15, -0.1) is 0 Å². The van der Waals surface area contributed by atoms with Crippen molar-refractivity contribution in [1.29, 1.82) is 0 Å². The predicted molar refractivity (Wildman–Crippen MR) is 254 cm³/mol. The molecule has 1 atom stereocenters. The first kappa shape index (κ1) is 53.3. The summed E-state index contributed by atoms with van der Waals surface area (Å²) in [6.07, 6.45) is 10.3. The number of nitrogens with one attached hydrogen (secondary N) is 2. The van der Waals surface area contributed by atoms with Gasteiger partial charge >= 0.3 is 5.97 Å². The summed E-state index contributed by atoms with van der Waals surface area (Å²) in [5.74, 6) is -3.51. The van der Waals surface area contributed by atoms with Gasteiger partial charge in [-0.05, 0) is 99.4 Å². The molecule has 0 aromatic heterocycles. The van der Waals surface area contributed by atoms with E-state index in [0.29, 0.717) is 40.5 Å². The molecule has 1 aliphatic heterocycles. The number of carbonyl (C=O) groups excluding carboxylic acids is 3. The summed E-state index contributed by atoms with van der Waals surface area (Å²) >= 11 is 2.73. The molecule has 0 radical (unpaired) electrons. The number of nitrogens with zero attached hydrogens (tertiary/aromatic N) is 2. The Morgan fingerprint density at radius 3 is 2.18 bits per heavy atom. The van der Waals surface area contributed by atoms with Crippen LogP contribution in [-0.4, -0.2) is 112 Å². The summed E-state index contributed by atoms with van der Waals surface area (Å²) < 4.78 is 102. The van der Waals surface area contributed by atoms with Gasteiger partial charge in [-0.25, -0.2) is 0 Å². The molecule has 2 aromatic carbocycles. The number of para-hydroxylation sites is 1. The van der Waals surface area contributed by atoms with Crippen LogP contribution in [0.5, 0.6) is 0 Å². The molecule has 2 aliphatic rings. The fraction of sp³-hybridized carbons (Fsp3) is 0.442. The second-order valence-electron chi connectivity index (χ2n) is 15.2. The molecular formula is C43H56N4O13S5. The van der Waals surface area contributed by atoms with Gasteiger partial charge in [0, 0.05) is 42.4 Å². The SMILES string of the molecule is CCOC(=O)CCCCCNC(=O)C1(C(=O)NCCS(=O)(=O)O)CC(/C=C/C(=NCCCS(=O)(=O)O)Sc2ccccc2C)=CC(=C/C=C2\Sc3ccccc3N2CCCS(=O)(=O)O)/C1. The van der Waals surface area contributed by atoms with Gasteiger partial charge in [0.2, 0.25) is 11.8 Å². The Hall–Kier alpha value is -4.29. The zero-order valence-corrected chi connectivity index (χ0v) is 40.3. The van der Waals surface area contributed by atoms with E-state index >= 15 is 0 Å². The molecule has 2 aromatic rings. The van der Waals surface area contributed by atoms with Crippen LogP contribution >= 0.6 is 23.5 Å². The highest BCUT2D eigenvalue weighted by atomic mass is 32.2. The molecule has 0 bridgehead atoms. The van der Waals surface area contributed by atoms with Gasteiger partial charge in [0.25, 0.3) is 30.4 Å². The lowest BCUT2D eigenvalue weighted by atomic mass is 9.70. The molecule has 0 saturated heterocycles. The molecule has 0 saturated carbocycles. The molecule has 1 aliphatic carbocycles. The third-order valence-corrected chi connectivity index (χ3v) is 14.6. The van der Waals surface area contributed by atoms with Crippen molar-refractivity contribution < 1.29 is 58.0 Å². The molecule has 1 unspecified atom stereocenters. The predicted octanol–water partition coefficient (Wildman–Crippen LogP) is 5.93. The third-order valence-electron chi connectivity index (χ3n) is 9.98. The minimum absolute atomic E-state index is 0.0410. The Bertz CT molecular complexity index is 2520. The zero-order chi connectivity index (χ0) is 47.7. The van der Waals surface area contributed by atoms with Crippen LogP contribution in [-0.2, 0) is 49.5 Å². The number of hydrogen-bond acceptors (Lipinski definition) is 14. The number of fused-ring (bicyclic) bond motifs is 1. The molecule has 356 valence electrons. The van der Waals surface area contributed by atoms with Crippen molar-refractivity contribution >= 4 is 82.4 Å². The average Bonchev–Trinajstić information content (AvgIpc) is 3.58. The molecule has 65 heavy (non-hydrogen) atoms. The van der Waals surface area contributed by atoms with E-state index in [1.807, 2.05) is 66.4 Å². The minimum Gasteiger partial charge on any atom is -0.466 e. The lowest BCUT2D eigenvalue weighted by Crippen LogP contribution is -2.53. The second-order valence-corrected chi connectivity index (χ2v) is 22.1. The lowest BCUT2D eigenvalue weighted by molar-refractivity contribution is -0.144. The van der Waals surface area contributed by atoms with Crippen molar-refractivity contribution in [3.05, 3.63) is 101 Å². The van der Waals surface area contributed by atoms with Crippen LogP contribution in [0.3, 0.4) is 0 Å². The molecule has 4 rings (SSSR count). The van der Waals surface area contributed by atoms with Gasteiger partial charge in [0.1, 0.15) is 5.41 Å². The number of anilines is 1. The molecule has 1 heterocycles. The quantitative estimate of drug-likeness (QED) is 0.0155. The highest BCUT2D eigenvalue weighted by Crippen LogP contribution is 2.46. The van der Waals surface area contributed by atoms with E-state index < -0.39 is 71.4 Å². The van der Waals surface area contributed by atoms with E-state index in [1.54, 1.807) is 31.2 Å². The van der Waals surface area contributed by atoms with Gasteiger partial charge in [-0.2, -0.15) is 25.3 Å². The number of ether oxygens (including phenoxy) is 1. The molecule has 0 fully saturated rings. The van der Waals surface area contributed by atoms with Gasteiger partial charge < -0.3 is 20.3 Å². The average molecular weight is 997 g/mol. The van der Waals surface area contributed by atoms with Crippen LogP contribution in [0.1, 0.15) is 63.9 Å². The van der Waals surface area contributed by atoms with Crippen LogP contribution in [0.2, 0.25) is 0 Å². The second kappa shape index (κ2) is 25.0. The van der Waals surface area contributed by atoms with Crippen LogP contribution in [0, 0.1) is 12.3 Å². The molecule has 2 amide bonds. The van der Waals surface area contributed by atoms with Crippen molar-refractivity contribution in [1.82, 2.24) is 10.6 Å². The Morgan fingerprint density at radius 1 is 0.831 bits per heavy atom. The number of aliphatic imine (C=N–C) groups is 1. The number of carbonyl (C=O) groups is 3. The number of benzene rings is 2. The van der Waals surface area contributed by atoms with Crippen molar-refractivity contribution in [2.24, 2.45) is 10.4 Å². The van der Waals surface area contributed by atoms with E-state index in [1.165, 1.54) is 23.5 Å². The first-order valence-corrected chi connectivity index (χ1v) is 27.3. The summed E-state index contributed by atoms with van der Waals surface area (Å²) in [6.45, 7) is 3.87. The van der Waals surface area contributed by atoms with E-state index in [9.17, 15) is 53.3 Å². The number of unbranched alkanes of at least 4 members (excludes halogenated alkanes) is 2. The first-order chi connectivity index (χ1) is 30.7. The fourth-order valence-corrected chi connectivity index (χ4v) is 10.2. The fourth-order valence-electron chi connectivity index (χ4n) is 6.88. The van der Waals surface area contributed by atoms with E-state index in [0.717, 1.165) is 21.0 Å². The Morgan fingerprint density at radius 2 is 1.49 bits per heavy atom. The van der Waals surface area contributed by atoms with Crippen LogP contribution < -0.4 is 15.5 Å². The number of hydrogen-bond donors (Lipinski definition) is 5. The molecular weight excluding hydrogens is 941 g/mol. The Kier molecular flexibility index (Phi) is 20.5. The Balaban J connectivity index is 1.77. The first-order valence-electron chi connectivity index (χ1n) is 20.9. The molecule has 5 N–H and O–H groups in total. The maximum Gasteiger partial charge on any atom is 0.305 e. The van der Waals surface area contributed by atoms with Gasteiger partial charge in [0.05, 0.1) is 39.6 Å². The minimum atomic E-state index is -4.48. The number of aryl methyl sites for hydroxylation is 1. The molecule has 0 spiro atoms. The van der Waals surface area contributed by atoms with Crippen molar-refractivity contribution in [2.45, 2.75) is 75.0 Å². The highest BCUT2D eigenvalue weighted by molar-refractivity contribution is 8.14. The van der Waals surface area contributed by atoms with Crippen molar-refractivity contribution in [3.8, 4) is 0 Å². The van der Waals surface area contributed by atoms with Crippen LogP contribution in [0.15, 0.2) is 110 Å². The molecule has 22 heteroatoms. The van der Waals surface area contributed by atoms with Crippen molar-refractivity contribution in [2.75, 3.05) is 54.9 Å². The molecule has 17 nitrogen and oxygen atoms in total. The zero-order valence-electron chi connectivity index (χ0n) is 36.2. The summed E-state index contributed by atoms with van der Waals surface area (Å²) in [4.78, 5) is 49.0. The van der Waals surface area contributed by atoms with Gasteiger partial charge in [-0.3, -0.25) is 33.0 Å². The highest BCUT2D eigenvalue weighted by Gasteiger charge is 2.48. The van der Waals surface area contributed by atoms with Crippen molar-refractivity contribution in [3.63, 3.8) is 0 Å². The number of rotatable bonds is 24. The maximum atomic E-state index is 14.5. The van der Waals surface area contributed by atoms with Crippen LogP contribution in [0.4, 0.5) is 5.69 Å². The van der Waals surface area contributed by atoms with Gasteiger partial charge in [-0.1, -0.05) is 78.5 Å². The summed E-state index contributed by atoms with van der Waals surface area (Å²) in [5, 5.41) is 6.59. The van der Waals surface area contributed by atoms with Gasteiger partial charge in [0.15, 0.2) is 0 Å². The normalized spacial score (nSPS) is 18.2. The Labute approximate surface area is 390 Å². The monoisotopic (exact) mass is 996 g/mol. The van der Waals surface area contributed by atoms with E-state index in [4.69, 9.17) is 4.74 Å². The third kappa shape index (κ3) is 18.5. The van der Waals surface area contributed by atoms with E-state index in [-0.39, 0.29) is 64.3 Å². The summed E-state index contributed by atoms with van der Waals surface area (Å²) in [6, 6.07) is 15.0. The number of esters is 1. The standard InChI is InChI=1S/C43H56N4O13S5/c1-3-60-40(48)17-5-4-10-22-45-41(49)43(42(50)46-24-28-65(57,58)59)30-33(18-20-38(44-23-11-26-63(51,52)53)61-36-15-8-6-13-32(36)2)29-34(31-43)19-21-39-47(25-12-27-64(54,55)56)35-14-7-9-16-37(35)62-39/h6-9,13-16,18-21,29H,3-5,10-12,17,22-28,30-31H2,1-2H3,(H,45,49)(H,46,50)(H,51,52,53)(H,54,55,56)(H,57,58,59)/b20-18+,34-19-,39-21-,44-38?. The lowest BCUT2D eigenvalue weighted by Gasteiger charge is -2.35. The number of allylic oxidation sites excluding steroid dienone is 6. The summed E-state index contributed by atoms with van der Waals surface area (Å²) in [7, 11) is -12.9. The number of amides is 2.